The van der Waals surface area contributed by atoms with Crippen LogP contribution in [0.2, 0.25) is 0 Å². The van der Waals surface area contributed by atoms with Crippen LogP contribution in [0.25, 0.3) is 0 Å². The number of hydrogen-bond donors (Lipinski definition) is 1. The van der Waals surface area contributed by atoms with Gasteiger partial charge in [-0.3, -0.25) is 0 Å². The van der Waals surface area contributed by atoms with Gasteiger partial charge in [-0.05, 0) is 18.1 Å². The molecule has 0 aromatic heterocycles. The fourth-order valence-electron chi connectivity index (χ4n) is 3.28. The third-order valence-corrected chi connectivity index (χ3v) is 5.20. The van der Waals surface area contributed by atoms with Crippen molar-refractivity contribution in [1.82, 2.24) is 0 Å². The SMILES string of the molecule is CC1(C)[C@H](c2ccccc2)O[C@H](c2ccccc2)C[C@@]1(C)O. The largest absolute Gasteiger partial charge is 0.389 e. The Morgan fingerprint density at radius 3 is 1.91 bits per heavy atom. The second-order valence-electron chi connectivity index (χ2n) is 7.03. The van der Waals surface area contributed by atoms with E-state index in [1.807, 2.05) is 43.3 Å². The van der Waals surface area contributed by atoms with Crippen molar-refractivity contribution >= 4 is 0 Å². The second kappa shape index (κ2) is 5.53. The Morgan fingerprint density at radius 1 is 0.864 bits per heavy atom. The van der Waals surface area contributed by atoms with Crippen molar-refractivity contribution in [3.8, 4) is 0 Å². The van der Waals surface area contributed by atoms with E-state index in [0.717, 1.165) is 11.1 Å². The average Bonchev–Trinajstić information content (AvgIpc) is 2.51. The number of hydrogen-bond acceptors (Lipinski definition) is 2. The maximum Gasteiger partial charge on any atom is 0.0911 e. The van der Waals surface area contributed by atoms with E-state index in [2.05, 4.69) is 38.1 Å². The molecule has 22 heavy (non-hydrogen) atoms. The first-order chi connectivity index (χ1) is 10.4. The molecular weight excluding hydrogens is 272 g/mol. The lowest BCUT2D eigenvalue weighted by molar-refractivity contribution is -0.223. The van der Waals surface area contributed by atoms with Gasteiger partial charge >= 0.3 is 0 Å². The van der Waals surface area contributed by atoms with Crippen LogP contribution in [0, 0.1) is 5.41 Å². The lowest BCUT2D eigenvalue weighted by Gasteiger charge is -2.52. The van der Waals surface area contributed by atoms with Crippen LogP contribution in [0.15, 0.2) is 60.7 Å². The van der Waals surface area contributed by atoms with E-state index in [4.69, 9.17) is 4.74 Å². The molecule has 0 radical (unpaired) electrons. The molecule has 1 fully saturated rings. The van der Waals surface area contributed by atoms with Crippen molar-refractivity contribution < 1.29 is 9.84 Å². The Morgan fingerprint density at radius 2 is 1.36 bits per heavy atom. The van der Waals surface area contributed by atoms with Crippen LogP contribution >= 0.6 is 0 Å². The summed E-state index contributed by atoms with van der Waals surface area (Å²) in [6.45, 7) is 6.11. The van der Waals surface area contributed by atoms with Gasteiger partial charge in [0, 0.05) is 11.8 Å². The second-order valence-corrected chi connectivity index (χ2v) is 7.03. The summed E-state index contributed by atoms with van der Waals surface area (Å²) in [6.07, 6.45) is 0.380. The van der Waals surface area contributed by atoms with Crippen LogP contribution < -0.4 is 0 Å². The third-order valence-electron chi connectivity index (χ3n) is 5.20. The molecule has 0 unspecified atom stereocenters. The highest BCUT2D eigenvalue weighted by Crippen LogP contribution is 2.54. The maximum absolute atomic E-state index is 11.1. The Labute approximate surface area is 132 Å². The van der Waals surface area contributed by atoms with E-state index in [-0.39, 0.29) is 17.6 Å². The molecule has 2 aromatic rings. The summed E-state index contributed by atoms with van der Waals surface area (Å²) in [7, 11) is 0. The van der Waals surface area contributed by atoms with Crippen LogP contribution in [-0.4, -0.2) is 10.7 Å². The standard InChI is InChI=1S/C20H24O2/c1-19(2)18(16-12-8-5-9-13-16)22-17(14-20(19,3)21)15-10-6-4-7-11-15/h4-13,17-18,21H,14H2,1-3H3/t17-,18-,20+/m0/s1. The topological polar surface area (TPSA) is 29.5 Å². The Balaban J connectivity index is 2.00. The summed E-state index contributed by atoms with van der Waals surface area (Å²) in [4.78, 5) is 0. The molecule has 0 amide bonds. The first-order valence-electron chi connectivity index (χ1n) is 7.89. The molecule has 0 saturated carbocycles. The van der Waals surface area contributed by atoms with Gasteiger partial charge in [0.25, 0.3) is 0 Å². The number of ether oxygens (including phenoxy) is 1. The first-order valence-corrected chi connectivity index (χ1v) is 7.89. The molecule has 2 heteroatoms. The zero-order valence-electron chi connectivity index (χ0n) is 13.5. The molecule has 1 N–H and O–H groups in total. The molecule has 116 valence electrons. The van der Waals surface area contributed by atoms with E-state index < -0.39 is 5.60 Å². The number of aliphatic hydroxyl groups is 1. The molecule has 2 nitrogen and oxygen atoms in total. The predicted molar refractivity (Wildman–Crippen MR) is 88.5 cm³/mol. The van der Waals surface area contributed by atoms with Crippen molar-refractivity contribution in [3.63, 3.8) is 0 Å². The molecule has 2 aromatic carbocycles. The minimum absolute atomic E-state index is 0.0885. The first kappa shape index (κ1) is 15.3. The monoisotopic (exact) mass is 296 g/mol. The van der Waals surface area contributed by atoms with Crippen molar-refractivity contribution in [1.29, 1.82) is 0 Å². The Kier molecular flexibility index (Phi) is 3.84. The van der Waals surface area contributed by atoms with Gasteiger partial charge in [0.05, 0.1) is 17.8 Å². The Bertz CT molecular complexity index is 617. The van der Waals surface area contributed by atoms with Gasteiger partial charge < -0.3 is 9.84 Å². The molecular formula is C20H24O2. The highest BCUT2D eigenvalue weighted by atomic mass is 16.5. The molecule has 1 aliphatic rings. The smallest absolute Gasteiger partial charge is 0.0911 e. The molecule has 3 atom stereocenters. The molecule has 1 aliphatic heterocycles. The molecule has 3 rings (SSSR count). The van der Waals surface area contributed by atoms with Crippen molar-refractivity contribution in [3.05, 3.63) is 71.8 Å². The van der Waals surface area contributed by atoms with Gasteiger partial charge in [-0.2, -0.15) is 0 Å². The van der Waals surface area contributed by atoms with Gasteiger partial charge in [0.2, 0.25) is 0 Å². The van der Waals surface area contributed by atoms with Gasteiger partial charge in [-0.1, -0.05) is 74.5 Å². The van der Waals surface area contributed by atoms with Gasteiger partial charge in [0.1, 0.15) is 0 Å². The van der Waals surface area contributed by atoms with Crippen molar-refractivity contribution in [2.45, 2.75) is 45.0 Å². The zero-order valence-corrected chi connectivity index (χ0v) is 13.5. The van der Waals surface area contributed by atoms with Crippen molar-refractivity contribution in [2.24, 2.45) is 5.41 Å². The molecule has 1 saturated heterocycles. The van der Waals surface area contributed by atoms with Crippen LogP contribution in [0.3, 0.4) is 0 Å². The lowest BCUT2D eigenvalue weighted by atomic mass is 9.65. The molecule has 0 aliphatic carbocycles. The van der Waals surface area contributed by atoms with Crippen LogP contribution in [0.1, 0.15) is 50.5 Å². The Hall–Kier alpha value is -1.64. The third kappa shape index (κ3) is 2.57. The van der Waals surface area contributed by atoms with Crippen LogP contribution in [0.5, 0.6) is 0 Å². The normalized spacial score (nSPS) is 30.9. The van der Waals surface area contributed by atoms with E-state index in [1.54, 1.807) is 0 Å². The summed E-state index contributed by atoms with van der Waals surface area (Å²) < 4.78 is 6.45. The molecule has 1 heterocycles. The minimum atomic E-state index is -0.799. The van der Waals surface area contributed by atoms with Gasteiger partial charge in [0.15, 0.2) is 0 Å². The highest BCUT2D eigenvalue weighted by Gasteiger charge is 2.52. The number of benzene rings is 2. The van der Waals surface area contributed by atoms with Gasteiger partial charge in [-0.15, -0.1) is 0 Å². The molecule has 0 bridgehead atoms. The summed E-state index contributed by atoms with van der Waals surface area (Å²) in [6, 6.07) is 20.4. The summed E-state index contributed by atoms with van der Waals surface area (Å²) in [5, 5.41) is 11.1. The van der Waals surface area contributed by atoms with Crippen molar-refractivity contribution in [2.75, 3.05) is 0 Å². The molecule has 0 spiro atoms. The van der Waals surface area contributed by atoms with E-state index in [9.17, 15) is 5.11 Å². The fourth-order valence-corrected chi connectivity index (χ4v) is 3.28. The van der Waals surface area contributed by atoms with Gasteiger partial charge in [-0.25, -0.2) is 0 Å². The predicted octanol–water partition coefficient (Wildman–Crippen LogP) is 4.67. The van der Waals surface area contributed by atoms with E-state index in [0.29, 0.717) is 6.42 Å². The average molecular weight is 296 g/mol. The summed E-state index contributed by atoms with van der Waals surface area (Å²) in [5.41, 5.74) is 1.08. The van der Waals surface area contributed by atoms with E-state index >= 15 is 0 Å². The number of rotatable bonds is 2. The highest BCUT2D eigenvalue weighted by molar-refractivity contribution is 5.25. The maximum atomic E-state index is 11.1. The zero-order chi connectivity index (χ0) is 15.8. The summed E-state index contributed by atoms with van der Waals surface area (Å²) in [5.74, 6) is 0. The quantitative estimate of drug-likeness (QED) is 0.873. The van der Waals surface area contributed by atoms with E-state index in [1.165, 1.54) is 0 Å². The fraction of sp³-hybridized carbons (Fsp3) is 0.400. The van der Waals surface area contributed by atoms with Crippen LogP contribution in [-0.2, 0) is 4.74 Å². The summed E-state index contributed by atoms with van der Waals surface area (Å²) >= 11 is 0. The minimum Gasteiger partial charge on any atom is -0.389 e. The lowest BCUT2D eigenvalue weighted by Crippen LogP contribution is -2.51. The van der Waals surface area contributed by atoms with Crippen LogP contribution in [0.4, 0.5) is 0 Å².